The number of hydrogen-bond acceptors (Lipinski definition) is 6. The lowest BCUT2D eigenvalue weighted by Crippen LogP contribution is -2.36. The lowest BCUT2D eigenvalue weighted by atomic mass is 10.2. The molecule has 1 heterocycles. The van der Waals surface area contributed by atoms with Crippen LogP contribution in [0.3, 0.4) is 0 Å². The van der Waals surface area contributed by atoms with Crippen molar-refractivity contribution in [3.8, 4) is 6.07 Å². The van der Waals surface area contributed by atoms with Gasteiger partial charge in [-0.1, -0.05) is 6.07 Å². The molecule has 0 spiro atoms. The first-order valence-corrected chi connectivity index (χ1v) is 7.71. The molecule has 128 valence electrons. The summed E-state index contributed by atoms with van der Waals surface area (Å²) in [6, 6.07) is 8.50. The third-order valence-corrected chi connectivity index (χ3v) is 3.74. The van der Waals surface area contributed by atoms with Gasteiger partial charge >= 0.3 is 12.0 Å². The first kappa shape index (κ1) is 16.5. The molecule has 8 heteroatoms. The summed E-state index contributed by atoms with van der Waals surface area (Å²) in [4.78, 5) is 29.6. The fourth-order valence-electron chi connectivity index (χ4n) is 2.34. The minimum absolute atomic E-state index is 0.0652. The van der Waals surface area contributed by atoms with Gasteiger partial charge in [-0.25, -0.2) is 14.6 Å². The van der Waals surface area contributed by atoms with Gasteiger partial charge in [0.25, 0.3) is 0 Å². The highest BCUT2D eigenvalue weighted by atomic mass is 16.5. The Morgan fingerprint density at radius 3 is 2.96 bits per heavy atom. The molecule has 0 atom stereocenters. The molecular formula is C17H16N4O4. The maximum absolute atomic E-state index is 12.6. The number of amides is 2. The van der Waals surface area contributed by atoms with Gasteiger partial charge in [-0.15, -0.1) is 0 Å². The fraction of sp³-hybridized carbons (Fsp3) is 0.294. The van der Waals surface area contributed by atoms with Gasteiger partial charge in [0.1, 0.15) is 6.26 Å². The van der Waals surface area contributed by atoms with E-state index in [4.69, 9.17) is 9.68 Å². The number of aromatic nitrogens is 1. The zero-order chi connectivity index (χ0) is 17.8. The first-order valence-electron chi connectivity index (χ1n) is 7.71. The van der Waals surface area contributed by atoms with Gasteiger partial charge in [0.05, 0.1) is 25.3 Å². The summed E-state index contributed by atoms with van der Waals surface area (Å²) in [5.74, 6) is -0.334. The van der Waals surface area contributed by atoms with Crippen LogP contribution in [-0.4, -0.2) is 35.0 Å². The van der Waals surface area contributed by atoms with Crippen molar-refractivity contribution >= 4 is 17.7 Å². The molecule has 3 rings (SSSR count). The van der Waals surface area contributed by atoms with Gasteiger partial charge in [0.2, 0.25) is 5.89 Å². The molecular weight excluding hydrogens is 324 g/mol. The summed E-state index contributed by atoms with van der Waals surface area (Å²) in [5.41, 5.74) is 1.07. The lowest BCUT2D eigenvalue weighted by molar-refractivity contribution is 0.0594. The average Bonchev–Trinajstić information content (AvgIpc) is 3.36. The Bertz CT molecular complexity index is 835. The van der Waals surface area contributed by atoms with Gasteiger partial charge in [-0.05, 0) is 31.0 Å². The molecule has 0 bridgehead atoms. The predicted octanol–water partition coefficient (Wildman–Crippen LogP) is 2.53. The number of carbonyl (C=O) groups is 2. The Morgan fingerprint density at radius 1 is 1.48 bits per heavy atom. The van der Waals surface area contributed by atoms with Crippen molar-refractivity contribution in [1.29, 1.82) is 5.26 Å². The summed E-state index contributed by atoms with van der Waals surface area (Å²) in [7, 11) is 1.26. The Kier molecular flexibility index (Phi) is 4.66. The number of ether oxygens (including phenoxy) is 1. The Morgan fingerprint density at radius 2 is 2.28 bits per heavy atom. The van der Waals surface area contributed by atoms with E-state index in [0.29, 0.717) is 11.3 Å². The minimum Gasteiger partial charge on any atom is -0.464 e. The van der Waals surface area contributed by atoms with Crippen LogP contribution in [0.4, 0.5) is 10.5 Å². The lowest BCUT2D eigenvalue weighted by Gasteiger charge is -2.21. The third-order valence-electron chi connectivity index (χ3n) is 3.74. The number of benzene rings is 1. The zero-order valence-electron chi connectivity index (χ0n) is 13.6. The van der Waals surface area contributed by atoms with Crippen LogP contribution < -0.4 is 5.32 Å². The number of anilines is 1. The van der Waals surface area contributed by atoms with E-state index in [1.165, 1.54) is 13.4 Å². The van der Waals surface area contributed by atoms with E-state index in [2.05, 4.69) is 15.0 Å². The summed E-state index contributed by atoms with van der Waals surface area (Å²) < 4.78 is 9.84. The van der Waals surface area contributed by atoms with E-state index >= 15 is 0 Å². The van der Waals surface area contributed by atoms with Crippen molar-refractivity contribution in [3.05, 3.63) is 47.7 Å². The SMILES string of the molecule is COC(=O)c1coc(CN(C(=O)Nc2cccc(C#N)c2)C2CC2)n1. The van der Waals surface area contributed by atoms with Crippen molar-refractivity contribution in [3.63, 3.8) is 0 Å². The molecule has 1 fully saturated rings. The van der Waals surface area contributed by atoms with Crippen molar-refractivity contribution in [2.24, 2.45) is 0 Å². The van der Waals surface area contributed by atoms with Crippen LogP contribution in [0, 0.1) is 11.3 Å². The van der Waals surface area contributed by atoms with Gasteiger partial charge in [0.15, 0.2) is 5.69 Å². The molecule has 8 nitrogen and oxygen atoms in total. The highest BCUT2D eigenvalue weighted by Gasteiger charge is 2.34. The van der Waals surface area contributed by atoms with E-state index in [-0.39, 0.29) is 30.2 Å². The standard InChI is InChI=1S/C17H16N4O4/c1-24-16(22)14-10-25-15(20-14)9-21(13-5-6-13)17(23)19-12-4-2-3-11(7-12)8-18/h2-4,7,10,13H,5-6,9H2,1H3,(H,19,23). The molecule has 25 heavy (non-hydrogen) atoms. The second-order valence-electron chi connectivity index (χ2n) is 5.60. The fourth-order valence-corrected chi connectivity index (χ4v) is 2.34. The quantitative estimate of drug-likeness (QED) is 0.838. The van der Waals surface area contributed by atoms with Crippen LogP contribution in [0.15, 0.2) is 34.9 Å². The van der Waals surface area contributed by atoms with Crippen LogP contribution in [0.1, 0.15) is 34.8 Å². The van der Waals surface area contributed by atoms with E-state index in [1.807, 2.05) is 6.07 Å². The second-order valence-corrected chi connectivity index (χ2v) is 5.60. The monoisotopic (exact) mass is 340 g/mol. The first-order chi connectivity index (χ1) is 12.1. The number of hydrogen-bond donors (Lipinski definition) is 1. The van der Waals surface area contributed by atoms with Gasteiger partial charge in [0, 0.05) is 11.7 Å². The topological polar surface area (TPSA) is 108 Å². The summed E-state index contributed by atoms with van der Waals surface area (Å²) >= 11 is 0. The summed E-state index contributed by atoms with van der Waals surface area (Å²) in [6.45, 7) is 0.144. The van der Waals surface area contributed by atoms with Crippen LogP contribution in [-0.2, 0) is 11.3 Å². The van der Waals surface area contributed by atoms with E-state index in [9.17, 15) is 9.59 Å². The van der Waals surface area contributed by atoms with Gasteiger partial charge in [-0.3, -0.25) is 0 Å². The molecule has 0 aliphatic heterocycles. The molecule has 1 aromatic heterocycles. The Labute approximate surface area is 144 Å². The molecule has 1 aromatic carbocycles. The molecule has 1 saturated carbocycles. The zero-order valence-corrected chi connectivity index (χ0v) is 13.6. The molecule has 0 unspecified atom stereocenters. The number of carbonyl (C=O) groups excluding carboxylic acids is 2. The average molecular weight is 340 g/mol. The highest BCUT2D eigenvalue weighted by molar-refractivity contribution is 5.90. The number of oxazole rings is 1. The maximum Gasteiger partial charge on any atom is 0.360 e. The number of nitriles is 1. The van der Waals surface area contributed by atoms with Crippen molar-refractivity contribution < 1.29 is 18.7 Å². The largest absolute Gasteiger partial charge is 0.464 e. The number of nitrogens with zero attached hydrogens (tertiary/aromatic N) is 3. The molecule has 1 N–H and O–H groups in total. The van der Waals surface area contributed by atoms with E-state index < -0.39 is 5.97 Å². The highest BCUT2D eigenvalue weighted by Crippen LogP contribution is 2.29. The molecule has 2 aromatic rings. The molecule has 1 aliphatic carbocycles. The normalized spacial score (nSPS) is 13.0. The van der Waals surface area contributed by atoms with Gasteiger partial charge in [-0.2, -0.15) is 5.26 Å². The molecule has 0 radical (unpaired) electrons. The van der Waals surface area contributed by atoms with Crippen molar-refractivity contribution in [2.75, 3.05) is 12.4 Å². The second kappa shape index (κ2) is 7.05. The summed E-state index contributed by atoms with van der Waals surface area (Å²) in [5, 5.41) is 11.7. The third kappa shape index (κ3) is 3.95. The number of esters is 1. The van der Waals surface area contributed by atoms with Crippen molar-refractivity contribution in [1.82, 2.24) is 9.88 Å². The molecule has 0 saturated heterocycles. The predicted molar refractivity (Wildman–Crippen MR) is 86.6 cm³/mol. The minimum atomic E-state index is -0.592. The number of urea groups is 1. The van der Waals surface area contributed by atoms with Gasteiger partial charge < -0.3 is 19.4 Å². The smallest absolute Gasteiger partial charge is 0.360 e. The Hall–Kier alpha value is -3.34. The maximum atomic E-state index is 12.6. The molecule has 2 amide bonds. The van der Waals surface area contributed by atoms with Crippen LogP contribution in [0.2, 0.25) is 0 Å². The van der Waals surface area contributed by atoms with E-state index in [0.717, 1.165) is 12.8 Å². The molecule has 1 aliphatic rings. The number of rotatable bonds is 5. The van der Waals surface area contributed by atoms with Crippen LogP contribution in [0.25, 0.3) is 0 Å². The Balaban J connectivity index is 1.70. The van der Waals surface area contributed by atoms with E-state index in [1.54, 1.807) is 29.2 Å². The summed E-state index contributed by atoms with van der Waals surface area (Å²) in [6.07, 6.45) is 3.01. The van der Waals surface area contributed by atoms with Crippen LogP contribution >= 0.6 is 0 Å². The van der Waals surface area contributed by atoms with Crippen molar-refractivity contribution in [2.45, 2.75) is 25.4 Å². The number of nitrogens with one attached hydrogen (secondary N) is 1. The van der Waals surface area contributed by atoms with Crippen LogP contribution in [0.5, 0.6) is 0 Å². The number of methoxy groups -OCH3 is 1.